The van der Waals surface area contributed by atoms with Crippen LogP contribution in [0.15, 0.2) is 30.5 Å². The number of fused-ring (bicyclic) bond motifs is 1. The zero-order valence-corrected chi connectivity index (χ0v) is 15.9. The van der Waals surface area contributed by atoms with Gasteiger partial charge in [-0.05, 0) is 37.6 Å². The lowest BCUT2D eigenvalue weighted by Crippen LogP contribution is -2.55. The van der Waals surface area contributed by atoms with Gasteiger partial charge in [-0.3, -0.25) is 9.78 Å². The van der Waals surface area contributed by atoms with E-state index < -0.39 is 48.4 Å². The molecule has 1 saturated heterocycles. The van der Waals surface area contributed by atoms with Crippen molar-refractivity contribution in [3.63, 3.8) is 0 Å². The summed E-state index contributed by atoms with van der Waals surface area (Å²) >= 11 is 0. The van der Waals surface area contributed by atoms with Crippen molar-refractivity contribution in [3.05, 3.63) is 36.0 Å². The number of nitrogens with one attached hydrogen (secondary N) is 1. The molecule has 0 bridgehead atoms. The maximum atomic E-state index is 13.5. The number of nitrogens with zero attached hydrogens (tertiary/aromatic N) is 2. The average molecular weight is 434 g/mol. The molecule has 0 radical (unpaired) electrons. The van der Waals surface area contributed by atoms with Crippen LogP contribution >= 0.6 is 0 Å². The van der Waals surface area contributed by atoms with E-state index in [1.54, 1.807) is 0 Å². The predicted octanol–water partition coefficient (Wildman–Crippen LogP) is 3.47. The van der Waals surface area contributed by atoms with Crippen LogP contribution in [-0.2, 0) is 11.0 Å². The van der Waals surface area contributed by atoms with Crippen molar-refractivity contribution >= 4 is 22.5 Å². The van der Waals surface area contributed by atoms with Crippen molar-refractivity contribution in [1.82, 2.24) is 10.3 Å². The lowest BCUT2D eigenvalue weighted by Gasteiger charge is -2.40. The Morgan fingerprint density at radius 2 is 1.90 bits per heavy atom. The van der Waals surface area contributed by atoms with Crippen LogP contribution in [0.3, 0.4) is 0 Å². The third kappa shape index (κ3) is 4.61. The Labute approximate surface area is 168 Å². The van der Waals surface area contributed by atoms with Gasteiger partial charge in [0.1, 0.15) is 0 Å². The monoisotopic (exact) mass is 434 g/mol. The highest BCUT2D eigenvalue weighted by atomic mass is 19.4. The zero-order chi connectivity index (χ0) is 22.3. The highest BCUT2D eigenvalue weighted by molar-refractivity contribution is 5.94. The van der Waals surface area contributed by atoms with Crippen LogP contribution in [-0.4, -0.2) is 42.2 Å². The fraction of sp³-hybridized carbons (Fsp3) is 0.474. The number of anilines is 1. The molecule has 164 valence electrons. The van der Waals surface area contributed by atoms with E-state index in [2.05, 4.69) is 10.3 Å². The topological polar surface area (TPSA) is 71.2 Å². The summed E-state index contributed by atoms with van der Waals surface area (Å²) in [7, 11) is 0. The van der Waals surface area contributed by atoms with Gasteiger partial charge in [0.2, 0.25) is 5.91 Å². The van der Waals surface area contributed by atoms with Crippen LogP contribution in [0.2, 0.25) is 0 Å². The SMILES string of the molecule is C[C@H](N)C(=O)N[C@@H]1CC(C(F)(F)F)CN(c2ccc(C(F)(F)F)c3ncccc23)C1. The molecule has 1 aliphatic rings. The fourth-order valence-corrected chi connectivity index (χ4v) is 3.63. The number of rotatable bonds is 3. The number of piperidine rings is 1. The molecule has 5 nitrogen and oxygen atoms in total. The van der Waals surface area contributed by atoms with Crippen LogP contribution in [0.1, 0.15) is 18.9 Å². The van der Waals surface area contributed by atoms with Gasteiger partial charge in [0.25, 0.3) is 0 Å². The quantitative estimate of drug-likeness (QED) is 0.726. The Hall–Kier alpha value is -2.56. The number of hydrogen-bond donors (Lipinski definition) is 2. The van der Waals surface area contributed by atoms with Crippen molar-refractivity contribution in [1.29, 1.82) is 0 Å². The number of alkyl halides is 6. The first-order valence-electron chi connectivity index (χ1n) is 9.20. The third-order valence-corrected chi connectivity index (χ3v) is 5.07. The van der Waals surface area contributed by atoms with Crippen molar-refractivity contribution in [2.45, 2.75) is 37.8 Å². The van der Waals surface area contributed by atoms with Gasteiger partial charge in [-0.2, -0.15) is 26.3 Å². The minimum absolute atomic E-state index is 0.000396. The first kappa shape index (κ1) is 22.1. The molecule has 1 unspecified atom stereocenters. The predicted molar refractivity (Wildman–Crippen MR) is 98.7 cm³/mol. The molecule has 1 amide bonds. The summed E-state index contributed by atoms with van der Waals surface area (Å²) in [6, 6.07) is 3.01. The van der Waals surface area contributed by atoms with Gasteiger partial charge in [0.15, 0.2) is 0 Å². The number of carbonyl (C=O) groups is 1. The minimum Gasteiger partial charge on any atom is -0.368 e. The van der Waals surface area contributed by atoms with Crippen molar-refractivity contribution in [2.24, 2.45) is 11.7 Å². The summed E-state index contributed by atoms with van der Waals surface area (Å²) in [4.78, 5) is 17.1. The number of hydrogen-bond acceptors (Lipinski definition) is 4. The molecule has 1 aliphatic heterocycles. The van der Waals surface area contributed by atoms with Gasteiger partial charge in [-0.15, -0.1) is 0 Å². The average Bonchev–Trinajstić information content (AvgIpc) is 2.65. The van der Waals surface area contributed by atoms with Gasteiger partial charge in [0, 0.05) is 36.4 Å². The first-order chi connectivity index (χ1) is 13.9. The van der Waals surface area contributed by atoms with Crippen LogP contribution in [0.5, 0.6) is 0 Å². The maximum Gasteiger partial charge on any atom is 0.418 e. The normalized spacial score (nSPS) is 21.5. The Balaban J connectivity index is 2.02. The van der Waals surface area contributed by atoms with Crippen molar-refractivity contribution < 1.29 is 31.1 Å². The minimum atomic E-state index is -4.66. The smallest absolute Gasteiger partial charge is 0.368 e. The second-order valence-corrected chi connectivity index (χ2v) is 7.40. The Bertz CT molecular complexity index is 927. The molecule has 3 N–H and O–H groups in total. The molecule has 0 aliphatic carbocycles. The highest BCUT2D eigenvalue weighted by Crippen LogP contribution is 2.40. The lowest BCUT2D eigenvalue weighted by molar-refractivity contribution is -0.178. The van der Waals surface area contributed by atoms with Crippen LogP contribution in [0, 0.1) is 5.92 Å². The Morgan fingerprint density at radius 1 is 1.20 bits per heavy atom. The number of pyridine rings is 1. The van der Waals surface area contributed by atoms with Gasteiger partial charge < -0.3 is 16.0 Å². The molecule has 2 aromatic rings. The molecule has 3 rings (SSSR count). The van der Waals surface area contributed by atoms with Gasteiger partial charge in [0.05, 0.1) is 23.0 Å². The molecule has 0 spiro atoms. The zero-order valence-electron chi connectivity index (χ0n) is 15.9. The van der Waals surface area contributed by atoms with E-state index in [1.165, 1.54) is 30.2 Å². The second-order valence-electron chi connectivity index (χ2n) is 7.40. The number of carbonyl (C=O) groups excluding carboxylic acids is 1. The van der Waals surface area contributed by atoms with E-state index in [4.69, 9.17) is 5.73 Å². The maximum absolute atomic E-state index is 13.5. The van der Waals surface area contributed by atoms with Crippen molar-refractivity contribution in [3.8, 4) is 0 Å². The fourth-order valence-electron chi connectivity index (χ4n) is 3.63. The largest absolute Gasteiger partial charge is 0.418 e. The number of amides is 1. The Morgan fingerprint density at radius 3 is 2.50 bits per heavy atom. The van der Waals surface area contributed by atoms with E-state index in [9.17, 15) is 31.1 Å². The summed E-state index contributed by atoms with van der Waals surface area (Å²) in [5, 5.41) is 2.59. The third-order valence-electron chi connectivity index (χ3n) is 5.07. The summed E-state index contributed by atoms with van der Waals surface area (Å²) in [5.74, 6) is -2.36. The number of aromatic nitrogens is 1. The van der Waals surface area contributed by atoms with E-state index in [0.29, 0.717) is 0 Å². The lowest BCUT2D eigenvalue weighted by atomic mass is 9.92. The molecule has 1 fully saturated rings. The summed E-state index contributed by atoms with van der Waals surface area (Å²) < 4.78 is 80.5. The van der Waals surface area contributed by atoms with Crippen molar-refractivity contribution in [2.75, 3.05) is 18.0 Å². The molecule has 2 heterocycles. The van der Waals surface area contributed by atoms with Crippen LogP contribution in [0.25, 0.3) is 10.9 Å². The molecule has 11 heteroatoms. The number of benzene rings is 1. The molecule has 1 aromatic heterocycles. The van der Waals surface area contributed by atoms with E-state index in [0.717, 1.165) is 12.1 Å². The molecule has 3 atom stereocenters. The van der Waals surface area contributed by atoms with Crippen LogP contribution in [0.4, 0.5) is 32.0 Å². The van der Waals surface area contributed by atoms with Gasteiger partial charge >= 0.3 is 12.4 Å². The van der Waals surface area contributed by atoms with Gasteiger partial charge in [-0.1, -0.05) is 0 Å². The standard InChI is InChI=1S/C19H20F6N4O/c1-10(26)17(30)28-12-7-11(18(20,21)22)8-29(9-12)15-5-4-14(19(23,24)25)16-13(15)3-2-6-27-16/h2-6,10-12H,7-9,26H2,1H3,(H,28,30)/t10-,11?,12+/m0/s1. The summed E-state index contributed by atoms with van der Waals surface area (Å²) in [5.41, 5.74) is 4.38. The molecule has 0 saturated carbocycles. The molecular weight excluding hydrogens is 414 g/mol. The van der Waals surface area contributed by atoms with Crippen LogP contribution < -0.4 is 16.0 Å². The van der Waals surface area contributed by atoms with E-state index in [-0.39, 0.29) is 29.6 Å². The van der Waals surface area contributed by atoms with E-state index >= 15 is 0 Å². The van der Waals surface area contributed by atoms with Gasteiger partial charge in [-0.25, -0.2) is 0 Å². The first-order valence-corrected chi connectivity index (χ1v) is 9.20. The molecule has 1 aromatic carbocycles. The molecule has 30 heavy (non-hydrogen) atoms. The summed E-state index contributed by atoms with van der Waals surface area (Å²) in [6.07, 6.45) is -8.33. The second kappa shape index (κ2) is 7.93. The number of nitrogens with two attached hydrogens (primary N) is 1. The molecular formula is C19H20F6N4O. The Kier molecular flexibility index (Phi) is 5.85. The van der Waals surface area contributed by atoms with E-state index in [1.807, 2.05) is 0 Å². The summed E-state index contributed by atoms with van der Waals surface area (Å²) in [6.45, 7) is 0.968. The highest BCUT2D eigenvalue weighted by Gasteiger charge is 2.45. The number of halogens is 6.